The monoisotopic (exact) mass is 273 g/mol. The van der Waals surface area contributed by atoms with Crippen LogP contribution in [-0.4, -0.2) is 17.8 Å². The highest BCUT2D eigenvalue weighted by Crippen LogP contribution is 2.36. The molecule has 5 nitrogen and oxygen atoms in total. The van der Waals surface area contributed by atoms with Gasteiger partial charge in [-0.1, -0.05) is 0 Å². The molecule has 0 saturated heterocycles. The molecule has 1 rings (SSSR count). The second-order valence-corrected chi connectivity index (χ2v) is 3.68. The second-order valence-electron chi connectivity index (χ2n) is 2.82. The van der Waals surface area contributed by atoms with Crippen LogP contribution in [0.4, 0.5) is 5.69 Å². The largest absolute Gasteiger partial charge is 0.489 e. The lowest BCUT2D eigenvalue weighted by Gasteiger charge is -2.05. The van der Waals surface area contributed by atoms with Gasteiger partial charge in [0, 0.05) is 11.6 Å². The minimum absolute atomic E-state index is 0.116. The molecular formula is C9H8BrNO4. The number of benzene rings is 1. The minimum Gasteiger partial charge on any atom is -0.489 e. The molecule has 0 aliphatic carbocycles. The van der Waals surface area contributed by atoms with Crippen molar-refractivity contribution in [3.8, 4) is 5.75 Å². The summed E-state index contributed by atoms with van der Waals surface area (Å²) in [6.07, 6.45) is 0. The Morgan fingerprint density at radius 1 is 1.53 bits per heavy atom. The van der Waals surface area contributed by atoms with E-state index >= 15 is 0 Å². The van der Waals surface area contributed by atoms with Crippen LogP contribution in [0.15, 0.2) is 16.6 Å². The normalized spacial score (nSPS) is 9.80. The van der Waals surface area contributed by atoms with Crippen molar-refractivity contribution < 1.29 is 14.5 Å². The standard InChI is InChI=1S/C9H8BrNO4/c1-5(12)6-3-7(10)9(15-2)8(4-6)11(13)14/h3-4H,1-2H3. The van der Waals surface area contributed by atoms with E-state index in [1.165, 1.54) is 26.2 Å². The fraction of sp³-hybridized carbons (Fsp3) is 0.222. The van der Waals surface area contributed by atoms with Crippen LogP contribution in [0.3, 0.4) is 0 Å². The van der Waals surface area contributed by atoms with Crippen LogP contribution in [0.1, 0.15) is 17.3 Å². The fourth-order valence-corrected chi connectivity index (χ4v) is 1.73. The molecule has 0 N–H and O–H groups in total. The number of nitro groups is 1. The molecule has 0 saturated carbocycles. The van der Waals surface area contributed by atoms with Gasteiger partial charge in [-0.15, -0.1) is 0 Å². The Balaban J connectivity index is 3.45. The summed E-state index contributed by atoms with van der Waals surface area (Å²) in [7, 11) is 1.33. The van der Waals surface area contributed by atoms with Gasteiger partial charge in [-0.25, -0.2) is 0 Å². The number of nitro benzene ring substituents is 1. The molecule has 0 amide bonds. The van der Waals surface area contributed by atoms with Gasteiger partial charge in [0.2, 0.25) is 5.75 Å². The van der Waals surface area contributed by atoms with Crippen molar-refractivity contribution in [3.63, 3.8) is 0 Å². The van der Waals surface area contributed by atoms with Gasteiger partial charge >= 0.3 is 5.69 Å². The molecule has 0 aliphatic heterocycles. The molecule has 0 aromatic heterocycles. The lowest BCUT2D eigenvalue weighted by Crippen LogP contribution is -1.99. The second kappa shape index (κ2) is 4.39. The molecule has 0 atom stereocenters. The van der Waals surface area contributed by atoms with E-state index in [0.717, 1.165) is 0 Å². The third-order valence-electron chi connectivity index (χ3n) is 1.83. The minimum atomic E-state index is -0.587. The van der Waals surface area contributed by atoms with E-state index in [1.807, 2.05) is 0 Å². The zero-order chi connectivity index (χ0) is 11.6. The molecule has 0 radical (unpaired) electrons. The van der Waals surface area contributed by atoms with Crippen LogP contribution in [0, 0.1) is 10.1 Å². The molecule has 0 bridgehead atoms. The number of nitrogens with zero attached hydrogens (tertiary/aromatic N) is 1. The van der Waals surface area contributed by atoms with Crippen LogP contribution in [0.25, 0.3) is 0 Å². The third kappa shape index (κ3) is 2.33. The lowest BCUT2D eigenvalue weighted by molar-refractivity contribution is -0.385. The fourth-order valence-electron chi connectivity index (χ4n) is 1.12. The number of rotatable bonds is 3. The number of carbonyl (C=O) groups excluding carboxylic acids is 1. The Kier molecular flexibility index (Phi) is 3.41. The van der Waals surface area contributed by atoms with Gasteiger partial charge in [0.15, 0.2) is 5.78 Å². The van der Waals surface area contributed by atoms with Crippen LogP contribution in [-0.2, 0) is 0 Å². The highest BCUT2D eigenvalue weighted by molar-refractivity contribution is 9.10. The van der Waals surface area contributed by atoms with Gasteiger partial charge in [0.25, 0.3) is 0 Å². The molecule has 0 fully saturated rings. The molecule has 1 aromatic carbocycles. The van der Waals surface area contributed by atoms with Crippen molar-refractivity contribution >= 4 is 27.4 Å². The molecule has 0 spiro atoms. The average molecular weight is 274 g/mol. The van der Waals surface area contributed by atoms with Gasteiger partial charge in [0.1, 0.15) is 0 Å². The Hall–Kier alpha value is -1.43. The van der Waals surface area contributed by atoms with E-state index in [1.54, 1.807) is 0 Å². The summed E-state index contributed by atoms with van der Waals surface area (Å²) in [6.45, 7) is 1.35. The number of halogens is 1. The Morgan fingerprint density at radius 2 is 2.13 bits per heavy atom. The zero-order valence-corrected chi connectivity index (χ0v) is 9.70. The first-order valence-electron chi connectivity index (χ1n) is 4.00. The van der Waals surface area contributed by atoms with E-state index in [-0.39, 0.29) is 22.8 Å². The Morgan fingerprint density at radius 3 is 2.53 bits per heavy atom. The van der Waals surface area contributed by atoms with E-state index in [9.17, 15) is 14.9 Å². The first-order chi connectivity index (χ1) is 6.97. The smallest absolute Gasteiger partial charge is 0.312 e. The summed E-state index contributed by atoms with van der Waals surface area (Å²) in [4.78, 5) is 21.2. The summed E-state index contributed by atoms with van der Waals surface area (Å²) in [5, 5.41) is 10.7. The molecule has 0 unspecified atom stereocenters. The number of ether oxygens (including phenoxy) is 1. The molecule has 6 heteroatoms. The molecule has 0 heterocycles. The predicted octanol–water partition coefficient (Wildman–Crippen LogP) is 2.57. The number of carbonyl (C=O) groups is 1. The first-order valence-corrected chi connectivity index (χ1v) is 4.79. The first kappa shape index (κ1) is 11.6. The van der Waals surface area contributed by atoms with Crippen LogP contribution < -0.4 is 4.74 Å². The van der Waals surface area contributed by atoms with Crippen LogP contribution in [0.5, 0.6) is 5.75 Å². The Bertz CT molecular complexity index is 430. The van der Waals surface area contributed by atoms with Crippen molar-refractivity contribution in [3.05, 3.63) is 32.3 Å². The van der Waals surface area contributed by atoms with Gasteiger partial charge < -0.3 is 4.74 Å². The van der Waals surface area contributed by atoms with Crippen molar-refractivity contribution in [2.45, 2.75) is 6.92 Å². The van der Waals surface area contributed by atoms with Gasteiger partial charge in [0.05, 0.1) is 16.5 Å². The van der Waals surface area contributed by atoms with Crippen molar-refractivity contribution in [2.24, 2.45) is 0 Å². The summed E-state index contributed by atoms with van der Waals surface area (Å²) < 4.78 is 5.27. The topological polar surface area (TPSA) is 69.4 Å². The number of methoxy groups -OCH3 is 1. The molecular weight excluding hydrogens is 266 g/mol. The zero-order valence-electron chi connectivity index (χ0n) is 8.11. The van der Waals surface area contributed by atoms with E-state index < -0.39 is 4.92 Å². The highest BCUT2D eigenvalue weighted by atomic mass is 79.9. The lowest BCUT2D eigenvalue weighted by atomic mass is 10.1. The van der Waals surface area contributed by atoms with E-state index in [4.69, 9.17) is 4.74 Å². The van der Waals surface area contributed by atoms with Crippen LogP contribution >= 0.6 is 15.9 Å². The van der Waals surface area contributed by atoms with E-state index in [2.05, 4.69) is 15.9 Å². The summed E-state index contributed by atoms with van der Waals surface area (Å²) in [6, 6.07) is 2.69. The van der Waals surface area contributed by atoms with Crippen LogP contribution in [0.2, 0.25) is 0 Å². The Labute approximate surface area is 94.3 Å². The van der Waals surface area contributed by atoms with Crippen molar-refractivity contribution in [1.29, 1.82) is 0 Å². The third-order valence-corrected chi connectivity index (χ3v) is 2.42. The maximum Gasteiger partial charge on any atom is 0.312 e. The van der Waals surface area contributed by atoms with Crippen molar-refractivity contribution in [2.75, 3.05) is 7.11 Å². The molecule has 1 aromatic rings. The summed E-state index contributed by atoms with van der Waals surface area (Å²) in [5.41, 5.74) is 0.0476. The number of hydrogen-bond acceptors (Lipinski definition) is 4. The number of hydrogen-bond donors (Lipinski definition) is 0. The highest BCUT2D eigenvalue weighted by Gasteiger charge is 2.20. The summed E-state index contributed by atoms with van der Waals surface area (Å²) in [5.74, 6) is -0.119. The molecule has 0 aliphatic rings. The quantitative estimate of drug-likeness (QED) is 0.482. The molecule has 80 valence electrons. The maximum absolute atomic E-state index is 11.1. The van der Waals surface area contributed by atoms with Crippen molar-refractivity contribution in [1.82, 2.24) is 0 Å². The van der Waals surface area contributed by atoms with Gasteiger partial charge in [-0.2, -0.15) is 0 Å². The van der Waals surface area contributed by atoms with Gasteiger partial charge in [-0.05, 0) is 28.9 Å². The number of ketones is 1. The average Bonchev–Trinajstić information content (AvgIpc) is 2.16. The van der Waals surface area contributed by atoms with Gasteiger partial charge in [-0.3, -0.25) is 14.9 Å². The SMILES string of the molecule is COc1c(Br)cc(C(C)=O)cc1[N+](=O)[O-]. The molecule has 15 heavy (non-hydrogen) atoms. The number of Topliss-reactive ketones (excluding diaryl/α,β-unsaturated/α-hetero) is 1. The predicted molar refractivity (Wildman–Crippen MR) is 57.4 cm³/mol. The maximum atomic E-state index is 11.1. The summed E-state index contributed by atoms with van der Waals surface area (Å²) >= 11 is 3.11. The van der Waals surface area contributed by atoms with E-state index in [0.29, 0.717) is 4.47 Å².